The van der Waals surface area contributed by atoms with Gasteiger partial charge in [-0.1, -0.05) is 17.7 Å². The Hall–Kier alpha value is -2.11. The van der Waals surface area contributed by atoms with Crippen molar-refractivity contribution in [2.75, 3.05) is 0 Å². The normalized spacial score (nSPS) is 12.8. The van der Waals surface area contributed by atoms with Crippen molar-refractivity contribution in [3.8, 4) is 5.69 Å². The average molecular weight is 306 g/mol. The zero-order chi connectivity index (χ0) is 15.1. The number of fused-ring (bicyclic) bond motifs is 1. The summed E-state index contributed by atoms with van der Waals surface area (Å²) in [5, 5.41) is 0.348. The molecule has 0 radical (unpaired) electrons. The minimum Gasteiger partial charge on any atom is -0.323 e. The fraction of sp³-hybridized carbons (Fsp3) is 0.133. The average Bonchev–Trinajstić information content (AvgIpc) is 2.80. The Morgan fingerprint density at radius 1 is 1.33 bits per heavy atom. The van der Waals surface area contributed by atoms with Gasteiger partial charge < -0.3 is 10.1 Å². The summed E-state index contributed by atoms with van der Waals surface area (Å²) in [5.41, 5.74) is 6.96. The van der Waals surface area contributed by atoms with Crippen molar-refractivity contribution in [1.29, 1.82) is 0 Å². The Labute approximate surface area is 125 Å². The lowest BCUT2D eigenvalue weighted by atomic mass is 10.2. The monoisotopic (exact) mass is 305 g/mol. The van der Waals surface area contributed by atoms with Crippen LogP contribution in [0.3, 0.4) is 0 Å². The second-order valence-electron chi connectivity index (χ2n) is 4.88. The number of hydrogen-bond acceptors (Lipinski definition) is 2. The molecule has 3 aromatic rings. The molecule has 1 atom stereocenters. The number of aromatic nitrogens is 2. The second kappa shape index (κ2) is 5.02. The van der Waals surface area contributed by atoms with E-state index in [0.717, 1.165) is 0 Å². The molecule has 0 aliphatic rings. The Morgan fingerprint density at radius 2 is 2.10 bits per heavy atom. The summed E-state index contributed by atoms with van der Waals surface area (Å²) in [5.74, 6) is -0.420. The fourth-order valence-electron chi connectivity index (χ4n) is 2.37. The molecule has 108 valence electrons. The molecule has 0 fully saturated rings. The quantitative estimate of drug-likeness (QED) is 0.791. The zero-order valence-electron chi connectivity index (χ0n) is 11.3. The van der Waals surface area contributed by atoms with E-state index in [-0.39, 0.29) is 5.56 Å². The van der Waals surface area contributed by atoms with Crippen molar-refractivity contribution in [3.63, 3.8) is 0 Å². The van der Waals surface area contributed by atoms with Gasteiger partial charge in [0, 0.05) is 18.4 Å². The Kier molecular flexibility index (Phi) is 3.31. The number of hydrogen-bond donors (Lipinski definition) is 1. The predicted octanol–water partition coefficient (Wildman–Crippen LogP) is 2.90. The van der Waals surface area contributed by atoms with E-state index in [4.69, 9.17) is 17.3 Å². The highest BCUT2D eigenvalue weighted by Gasteiger charge is 2.16. The van der Waals surface area contributed by atoms with Crippen LogP contribution in [-0.2, 0) is 0 Å². The topological polar surface area (TPSA) is 52.4 Å². The Morgan fingerprint density at radius 3 is 2.76 bits per heavy atom. The number of nitrogens with zero attached hydrogens (tertiary/aromatic N) is 2. The molecule has 0 saturated carbocycles. The largest absolute Gasteiger partial charge is 0.323 e. The van der Waals surface area contributed by atoms with Crippen LogP contribution in [0.4, 0.5) is 4.39 Å². The van der Waals surface area contributed by atoms with E-state index in [1.54, 1.807) is 41.9 Å². The van der Waals surface area contributed by atoms with Crippen molar-refractivity contribution >= 4 is 17.1 Å². The summed E-state index contributed by atoms with van der Waals surface area (Å²) < 4.78 is 16.5. The van der Waals surface area contributed by atoms with Crippen molar-refractivity contribution in [2.45, 2.75) is 13.0 Å². The van der Waals surface area contributed by atoms with Gasteiger partial charge in [0.15, 0.2) is 0 Å². The van der Waals surface area contributed by atoms with Crippen molar-refractivity contribution in [2.24, 2.45) is 5.73 Å². The van der Waals surface area contributed by atoms with E-state index >= 15 is 0 Å². The van der Waals surface area contributed by atoms with Crippen LogP contribution < -0.4 is 11.3 Å². The maximum absolute atomic E-state index is 13.5. The summed E-state index contributed by atoms with van der Waals surface area (Å²) in [6.45, 7) is 1.77. The summed E-state index contributed by atoms with van der Waals surface area (Å²) in [6, 6.07) is 7.06. The molecule has 0 aliphatic carbocycles. The van der Waals surface area contributed by atoms with E-state index < -0.39 is 11.9 Å². The SMILES string of the molecule is CC(N)c1cn2ccc(Cl)c2c(=O)n1-c1cccc(F)c1. The van der Waals surface area contributed by atoms with Crippen LogP contribution >= 0.6 is 11.6 Å². The highest BCUT2D eigenvalue weighted by Crippen LogP contribution is 2.20. The standard InChI is InChI=1S/C15H13ClFN3O/c1-9(18)13-8-19-6-5-12(16)14(19)15(21)20(13)11-4-2-3-10(17)7-11/h2-9H,18H2,1H3. The van der Waals surface area contributed by atoms with Gasteiger partial charge in [-0.3, -0.25) is 9.36 Å². The van der Waals surface area contributed by atoms with Crippen LogP contribution in [-0.4, -0.2) is 8.97 Å². The molecule has 1 unspecified atom stereocenters. The number of halogens is 2. The molecule has 4 nitrogen and oxygen atoms in total. The molecule has 1 aromatic carbocycles. The molecule has 0 spiro atoms. The predicted molar refractivity (Wildman–Crippen MR) is 80.6 cm³/mol. The number of nitrogens with two attached hydrogens (primary N) is 1. The van der Waals surface area contributed by atoms with Gasteiger partial charge in [0.2, 0.25) is 0 Å². The third-order valence-electron chi connectivity index (χ3n) is 3.33. The Bertz CT molecular complexity index is 882. The van der Waals surface area contributed by atoms with Gasteiger partial charge in [0.1, 0.15) is 11.3 Å². The minimum absolute atomic E-state index is 0.328. The van der Waals surface area contributed by atoms with Gasteiger partial charge in [-0.15, -0.1) is 0 Å². The Balaban J connectivity index is 2.44. The fourth-order valence-corrected chi connectivity index (χ4v) is 2.60. The van der Waals surface area contributed by atoms with Crippen LogP contribution in [0.5, 0.6) is 0 Å². The molecule has 0 saturated heterocycles. The molecule has 6 heteroatoms. The third-order valence-corrected chi connectivity index (χ3v) is 3.64. The first-order valence-corrected chi connectivity index (χ1v) is 6.80. The molecule has 0 amide bonds. The summed E-state index contributed by atoms with van der Waals surface area (Å²) in [6.07, 6.45) is 3.43. The van der Waals surface area contributed by atoms with Gasteiger partial charge >= 0.3 is 0 Å². The van der Waals surface area contributed by atoms with E-state index in [0.29, 0.717) is 21.9 Å². The van der Waals surface area contributed by atoms with Gasteiger partial charge in [-0.05, 0) is 31.2 Å². The highest BCUT2D eigenvalue weighted by molar-refractivity contribution is 6.33. The van der Waals surface area contributed by atoms with Gasteiger partial charge in [-0.2, -0.15) is 0 Å². The first-order chi connectivity index (χ1) is 9.99. The molecule has 2 N–H and O–H groups in total. The minimum atomic E-state index is -0.420. The lowest BCUT2D eigenvalue weighted by molar-refractivity contribution is 0.624. The molecular weight excluding hydrogens is 293 g/mol. The molecular formula is C15H13ClFN3O. The van der Waals surface area contributed by atoms with Crippen molar-refractivity contribution < 1.29 is 4.39 Å². The summed E-state index contributed by atoms with van der Waals surface area (Å²) in [7, 11) is 0. The highest BCUT2D eigenvalue weighted by atomic mass is 35.5. The number of benzene rings is 1. The van der Waals surface area contributed by atoms with E-state index in [2.05, 4.69) is 0 Å². The molecule has 2 aromatic heterocycles. The summed E-state index contributed by atoms with van der Waals surface area (Å²) >= 11 is 6.06. The molecule has 3 rings (SSSR count). The first kappa shape index (κ1) is 13.9. The van der Waals surface area contributed by atoms with Crippen molar-refractivity contribution in [1.82, 2.24) is 8.97 Å². The maximum Gasteiger partial charge on any atom is 0.281 e. The number of rotatable bonds is 2. The molecule has 0 bridgehead atoms. The van der Waals surface area contributed by atoms with Crippen molar-refractivity contribution in [3.05, 3.63) is 69.6 Å². The first-order valence-electron chi connectivity index (χ1n) is 6.42. The van der Waals surface area contributed by atoms with E-state index in [1.807, 2.05) is 0 Å². The van der Waals surface area contributed by atoms with E-state index in [9.17, 15) is 9.18 Å². The molecule has 2 heterocycles. The molecule has 21 heavy (non-hydrogen) atoms. The zero-order valence-corrected chi connectivity index (χ0v) is 12.0. The summed E-state index contributed by atoms with van der Waals surface area (Å²) in [4.78, 5) is 12.7. The van der Waals surface area contributed by atoms with Crippen LogP contribution in [0, 0.1) is 5.82 Å². The lowest BCUT2D eigenvalue weighted by Crippen LogP contribution is -2.27. The van der Waals surface area contributed by atoms with Gasteiger partial charge in [0.05, 0.1) is 16.4 Å². The van der Waals surface area contributed by atoms with Crippen LogP contribution in [0.25, 0.3) is 11.2 Å². The lowest BCUT2D eigenvalue weighted by Gasteiger charge is -2.16. The van der Waals surface area contributed by atoms with Crippen LogP contribution in [0.1, 0.15) is 18.7 Å². The van der Waals surface area contributed by atoms with E-state index in [1.165, 1.54) is 16.7 Å². The van der Waals surface area contributed by atoms with Crippen LogP contribution in [0.2, 0.25) is 5.02 Å². The smallest absolute Gasteiger partial charge is 0.281 e. The van der Waals surface area contributed by atoms with Gasteiger partial charge in [-0.25, -0.2) is 4.39 Å². The maximum atomic E-state index is 13.5. The third kappa shape index (κ3) is 2.24. The second-order valence-corrected chi connectivity index (χ2v) is 5.29. The van der Waals surface area contributed by atoms with Crippen LogP contribution in [0.15, 0.2) is 47.5 Å². The molecule has 0 aliphatic heterocycles. The van der Waals surface area contributed by atoms with Gasteiger partial charge in [0.25, 0.3) is 5.56 Å².